The molecule has 0 N–H and O–H groups in total. The zero-order valence-corrected chi connectivity index (χ0v) is 8.79. The van der Waals surface area contributed by atoms with Gasteiger partial charge in [-0.05, 0) is 0 Å². The van der Waals surface area contributed by atoms with Gasteiger partial charge in [-0.1, -0.05) is 32.6 Å². The molecule has 0 saturated heterocycles. The summed E-state index contributed by atoms with van der Waals surface area (Å²) in [6, 6.07) is 0. The molecule has 0 saturated carbocycles. The molecule has 0 fully saturated rings. The largest absolute Gasteiger partial charge is 2.00 e. The Kier molecular flexibility index (Phi) is 27.3. The maximum absolute atomic E-state index is 3.42. The molecule has 0 unspecified atom stereocenters. The van der Waals surface area contributed by atoms with Gasteiger partial charge in [-0.3, -0.25) is 5.92 Å². The molecular formula is C8H13ClMg. The first kappa shape index (κ1) is 16.8. The number of hydrogen-bond acceptors (Lipinski definition) is 0. The van der Waals surface area contributed by atoms with E-state index in [0.717, 1.165) is 6.42 Å². The Labute approximate surface area is 86.7 Å². The second-order valence-electron chi connectivity index (χ2n) is 1.81. The Hall–Kier alpha value is 0.486. The molecule has 2 heteroatoms. The first-order valence-electron chi connectivity index (χ1n) is 3.16. The molecule has 10 heavy (non-hydrogen) atoms. The predicted molar refractivity (Wildman–Crippen MR) is 43.0 cm³/mol. The van der Waals surface area contributed by atoms with Crippen molar-refractivity contribution in [3.8, 4) is 11.8 Å². The van der Waals surface area contributed by atoms with Crippen LogP contribution in [0.3, 0.4) is 0 Å². The third-order valence-corrected chi connectivity index (χ3v) is 1.03. The fourth-order valence-electron chi connectivity index (χ4n) is 0.552. The van der Waals surface area contributed by atoms with Gasteiger partial charge >= 0.3 is 23.1 Å². The first-order chi connectivity index (χ1) is 3.91. The summed E-state index contributed by atoms with van der Waals surface area (Å²) in [5.74, 6) is 5.55. The van der Waals surface area contributed by atoms with Crippen LogP contribution in [0.5, 0.6) is 0 Å². The zero-order valence-electron chi connectivity index (χ0n) is 6.62. The van der Waals surface area contributed by atoms with E-state index >= 15 is 0 Å². The minimum absolute atomic E-state index is 0. The van der Waals surface area contributed by atoms with E-state index in [0.29, 0.717) is 0 Å². The average Bonchev–Trinajstić information content (AvgIpc) is 1.81. The Morgan fingerprint density at radius 3 is 2.30 bits per heavy atom. The summed E-state index contributed by atoms with van der Waals surface area (Å²) < 4.78 is 0. The van der Waals surface area contributed by atoms with Gasteiger partial charge in [0.1, 0.15) is 0 Å². The molecule has 54 valence electrons. The molecule has 0 aliphatic rings. The molecule has 0 heterocycles. The number of hydrogen-bond donors (Lipinski definition) is 0. The third-order valence-electron chi connectivity index (χ3n) is 1.03. The monoisotopic (exact) mass is 168 g/mol. The Balaban J connectivity index is -0.000000245. The maximum atomic E-state index is 3.42. The van der Waals surface area contributed by atoms with E-state index in [2.05, 4.69) is 25.7 Å². The van der Waals surface area contributed by atoms with E-state index in [1.807, 2.05) is 0 Å². The van der Waals surface area contributed by atoms with Crippen LogP contribution in [0.1, 0.15) is 32.6 Å². The van der Waals surface area contributed by atoms with Gasteiger partial charge in [0.25, 0.3) is 0 Å². The molecule has 0 aliphatic carbocycles. The van der Waals surface area contributed by atoms with Crippen molar-refractivity contribution in [1.29, 1.82) is 0 Å². The second-order valence-corrected chi connectivity index (χ2v) is 1.81. The van der Waals surface area contributed by atoms with Gasteiger partial charge in [-0.15, -0.1) is 0 Å². The summed E-state index contributed by atoms with van der Waals surface area (Å²) in [6.07, 6.45) is 4.84. The molecule has 0 atom stereocenters. The average molecular weight is 169 g/mol. The Morgan fingerprint density at radius 2 is 1.90 bits per heavy atom. The van der Waals surface area contributed by atoms with Crippen LogP contribution < -0.4 is 12.4 Å². The van der Waals surface area contributed by atoms with Gasteiger partial charge in [0.05, 0.1) is 0 Å². The van der Waals surface area contributed by atoms with Gasteiger partial charge in [-0.25, -0.2) is 0 Å². The molecule has 0 bridgehead atoms. The van der Waals surface area contributed by atoms with Crippen LogP contribution in [0.2, 0.25) is 0 Å². The van der Waals surface area contributed by atoms with Crippen molar-refractivity contribution in [1.82, 2.24) is 0 Å². The molecule has 0 aromatic heterocycles. The van der Waals surface area contributed by atoms with Crippen molar-refractivity contribution in [2.45, 2.75) is 32.6 Å². The molecule has 0 aromatic carbocycles. The molecular weight excluding hydrogens is 156 g/mol. The molecule has 0 nitrogen and oxygen atoms in total. The summed E-state index contributed by atoms with van der Waals surface area (Å²) in [6.45, 7) is 5.61. The van der Waals surface area contributed by atoms with E-state index < -0.39 is 0 Å². The van der Waals surface area contributed by atoms with Crippen molar-refractivity contribution in [3.63, 3.8) is 0 Å². The van der Waals surface area contributed by atoms with Crippen LogP contribution >= 0.6 is 0 Å². The number of unbranched alkanes of at least 4 members (excludes halogenated alkanes) is 3. The predicted octanol–water partition coefficient (Wildman–Crippen LogP) is -0.973. The zero-order chi connectivity index (χ0) is 6.24. The van der Waals surface area contributed by atoms with Crippen molar-refractivity contribution in [2.75, 3.05) is 0 Å². The van der Waals surface area contributed by atoms with Gasteiger partial charge < -0.3 is 18.3 Å². The fourth-order valence-corrected chi connectivity index (χ4v) is 0.552. The summed E-state index contributed by atoms with van der Waals surface area (Å²) in [5, 5.41) is 0. The second kappa shape index (κ2) is 16.2. The standard InChI is InChI=1S/C8H13.ClH.Mg/c1-3-5-7-8-6-4-2;;/h1,4,6-8H2,2H3;1H;/q-1;;+2/p-1. The molecule has 0 amide bonds. The van der Waals surface area contributed by atoms with E-state index in [-0.39, 0.29) is 35.5 Å². The molecule has 0 rings (SSSR count). The van der Waals surface area contributed by atoms with Gasteiger partial charge in [0.15, 0.2) is 0 Å². The number of halogens is 1. The summed E-state index contributed by atoms with van der Waals surface area (Å²) in [5.41, 5.74) is 0. The quantitative estimate of drug-likeness (QED) is 0.220. The third kappa shape index (κ3) is 15.8. The van der Waals surface area contributed by atoms with Crippen molar-refractivity contribution < 1.29 is 12.4 Å². The van der Waals surface area contributed by atoms with E-state index in [4.69, 9.17) is 0 Å². The molecule has 0 aromatic rings. The van der Waals surface area contributed by atoms with E-state index in [9.17, 15) is 0 Å². The normalized spacial score (nSPS) is 6.10. The minimum Gasteiger partial charge on any atom is -1.00 e. The van der Waals surface area contributed by atoms with Crippen LogP contribution in [-0.4, -0.2) is 23.1 Å². The van der Waals surface area contributed by atoms with Crippen LogP contribution in [0, 0.1) is 18.8 Å². The minimum atomic E-state index is 0. The van der Waals surface area contributed by atoms with Crippen LogP contribution in [-0.2, 0) is 0 Å². The van der Waals surface area contributed by atoms with Crippen LogP contribution in [0.4, 0.5) is 0 Å². The van der Waals surface area contributed by atoms with Crippen LogP contribution in [0.25, 0.3) is 0 Å². The van der Waals surface area contributed by atoms with Crippen molar-refractivity contribution in [2.24, 2.45) is 0 Å². The SMILES string of the molecule is [CH2-]C#CCCCCC.[Cl-].[Mg+2]. The fraction of sp³-hybridized carbons (Fsp3) is 0.625. The van der Waals surface area contributed by atoms with Gasteiger partial charge in [0, 0.05) is 0 Å². The van der Waals surface area contributed by atoms with E-state index in [1.165, 1.54) is 19.3 Å². The molecule has 0 radical (unpaired) electrons. The summed E-state index contributed by atoms with van der Waals surface area (Å²) >= 11 is 0. The number of rotatable bonds is 3. The summed E-state index contributed by atoms with van der Waals surface area (Å²) in [4.78, 5) is 0. The molecule has 0 aliphatic heterocycles. The van der Waals surface area contributed by atoms with Gasteiger partial charge in [0.2, 0.25) is 0 Å². The van der Waals surface area contributed by atoms with Crippen molar-refractivity contribution >= 4 is 23.1 Å². The Morgan fingerprint density at radius 1 is 1.30 bits per heavy atom. The molecule has 0 spiro atoms. The van der Waals surface area contributed by atoms with E-state index in [1.54, 1.807) is 0 Å². The Bertz CT molecular complexity index is 91.2. The summed E-state index contributed by atoms with van der Waals surface area (Å²) in [7, 11) is 0. The maximum Gasteiger partial charge on any atom is 2.00 e. The smallest absolute Gasteiger partial charge is 1.00 e. The van der Waals surface area contributed by atoms with Gasteiger partial charge in [-0.2, -0.15) is 6.92 Å². The van der Waals surface area contributed by atoms with Crippen molar-refractivity contribution in [3.05, 3.63) is 6.92 Å². The van der Waals surface area contributed by atoms with Crippen LogP contribution in [0.15, 0.2) is 0 Å². The topological polar surface area (TPSA) is 0 Å². The first-order valence-corrected chi connectivity index (χ1v) is 3.16.